The van der Waals surface area contributed by atoms with Crippen LogP contribution in [0.4, 0.5) is 0 Å². The van der Waals surface area contributed by atoms with Gasteiger partial charge in [0.05, 0.1) is 0 Å². The Morgan fingerprint density at radius 2 is 1.41 bits per heavy atom. The molecule has 0 aromatic heterocycles. The Labute approximate surface area is 134 Å². The van der Waals surface area contributed by atoms with Gasteiger partial charge in [0.2, 0.25) is 0 Å². The first kappa shape index (κ1) is 14.8. The molecule has 0 fully saturated rings. The number of allylic oxidation sites excluding steroid dienone is 4. The highest BCUT2D eigenvalue weighted by atomic mass is 14.4. The van der Waals surface area contributed by atoms with Crippen LogP contribution in [0.3, 0.4) is 0 Å². The quantitative estimate of drug-likeness (QED) is 0.634. The molecule has 1 aliphatic rings. The van der Waals surface area contributed by atoms with E-state index in [1.165, 1.54) is 16.7 Å². The summed E-state index contributed by atoms with van der Waals surface area (Å²) in [4.78, 5) is 0. The van der Waals surface area contributed by atoms with Crippen LogP contribution in [0.2, 0.25) is 0 Å². The molecule has 2 aromatic rings. The zero-order valence-corrected chi connectivity index (χ0v) is 13.7. The standard InChI is InChI=1S/C22H24/c1-21(2,3)22(20-12-8-5-9-13-20)16-14-19(15-17-22)18-10-6-4-7-11-18/h4-16H,17H2,1-3H3. The summed E-state index contributed by atoms with van der Waals surface area (Å²) in [5.74, 6) is 0. The predicted molar refractivity (Wildman–Crippen MR) is 95.8 cm³/mol. The van der Waals surface area contributed by atoms with E-state index in [1.807, 2.05) is 0 Å². The lowest BCUT2D eigenvalue weighted by Crippen LogP contribution is -2.39. The van der Waals surface area contributed by atoms with Crippen molar-refractivity contribution in [1.82, 2.24) is 0 Å². The largest absolute Gasteiger partial charge is 0.0755 e. The Morgan fingerprint density at radius 1 is 0.818 bits per heavy atom. The highest BCUT2D eigenvalue weighted by molar-refractivity contribution is 5.76. The van der Waals surface area contributed by atoms with E-state index >= 15 is 0 Å². The number of hydrogen-bond donors (Lipinski definition) is 0. The number of hydrogen-bond acceptors (Lipinski definition) is 0. The molecule has 2 aromatic carbocycles. The maximum Gasteiger partial charge on any atom is 0.0218 e. The summed E-state index contributed by atoms with van der Waals surface area (Å²) < 4.78 is 0. The highest BCUT2D eigenvalue weighted by Gasteiger charge is 2.41. The average Bonchev–Trinajstić information content (AvgIpc) is 2.55. The summed E-state index contributed by atoms with van der Waals surface area (Å²) in [5, 5.41) is 0. The summed E-state index contributed by atoms with van der Waals surface area (Å²) in [6.07, 6.45) is 8.16. The molecular weight excluding hydrogens is 264 g/mol. The van der Waals surface area contributed by atoms with E-state index in [2.05, 4.69) is 99.7 Å². The maximum absolute atomic E-state index is 2.42. The van der Waals surface area contributed by atoms with Gasteiger partial charge in [0.15, 0.2) is 0 Å². The highest BCUT2D eigenvalue weighted by Crippen LogP contribution is 2.48. The van der Waals surface area contributed by atoms with Gasteiger partial charge in [-0.05, 0) is 28.5 Å². The molecule has 22 heavy (non-hydrogen) atoms. The summed E-state index contributed by atoms with van der Waals surface area (Å²) in [6.45, 7) is 7.02. The van der Waals surface area contributed by atoms with Crippen molar-refractivity contribution in [3.8, 4) is 0 Å². The van der Waals surface area contributed by atoms with Crippen LogP contribution in [-0.4, -0.2) is 0 Å². The molecule has 0 radical (unpaired) electrons. The molecule has 0 saturated carbocycles. The van der Waals surface area contributed by atoms with E-state index in [0.29, 0.717) is 0 Å². The van der Waals surface area contributed by atoms with Crippen LogP contribution in [0.1, 0.15) is 38.3 Å². The first-order valence-electron chi connectivity index (χ1n) is 8.03. The third-order valence-corrected chi connectivity index (χ3v) is 4.93. The monoisotopic (exact) mass is 288 g/mol. The molecule has 1 atom stereocenters. The second-order valence-electron chi connectivity index (χ2n) is 7.15. The molecule has 0 amide bonds. The lowest BCUT2D eigenvalue weighted by Gasteiger charge is -2.44. The predicted octanol–water partition coefficient (Wildman–Crippen LogP) is 6.01. The van der Waals surface area contributed by atoms with Crippen molar-refractivity contribution >= 4 is 5.57 Å². The zero-order valence-electron chi connectivity index (χ0n) is 13.7. The van der Waals surface area contributed by atoms with Crippen LogP contribution in [0.5, 0.6) is 0 Å². The fourth-order valence-electron chi connectivity index (χ4n) is 3.42. The lowest BCUT2D eigenvalue weighted by atomic mass is 9.59. The Hall–Kier alpha value is -2.08. The van der Waals surface area contributed by atoms with Gasteiger partial charge in [-0.2, -0.15) is 0 Å². The Bertz CT molecular complexity index is 684. The van der Waals surface area contributed by atoms with Gasteiger partial charge in [0.25, 0.3) is 0 Å². The minimum atomic E-state index is 0.0620. The van der Waals surface area contributed by atoms with Gasteiger partial charge >= 0.3 is 0 Å². The van der Waals surface area contributed by atoms with Gasteiger partial charge in [-0.1, -0.05) is 99.7 Å². The third kappa shape index (κ3) is 2.54. The smallest absolute Gasteiger partial charge is 0.0218 e. The van der Waals surface area contributed by atoms with E-state index in [9.17, 15) is 0 Å². The first-order chi connectivity index (χ1) is 10.5. The SMILES string of the molecule is CC(C)(C)C1(c2ccccc2)C=CC(c2ccccc2)=CC1. The van der Waals surface area contributed by atoms with Crippen molar-refractivity contribution in [2.45, 2.75) is 32.6 Å². The molecule has 0 heterocycles. The summed E-state index contributed by atoms with van der Waals surface area (Å²) >= 11 is 0. The van der Waals surface area contributed by atoms with Gasteiger partial charge in [0.1, 0.15) is 0 Å². The molecule has 1 aliphatic carbocycles. The van der Waals surface area contributed by atoms with Crippen molar-refractivity contribution in [2.75, 3.05) is 0 Å². The average molecular weight is 288 g/mol. The van der Waals surface area contributed by atoms with Gasteiger partial charge in [-0.3, -0.25) is 0 Å². The van der Waals surface area contributed by atoms with E-state index in [4.69, 9.17) is 0 Å². The van der Waals surface area contributed by atoms with Crippen LogP contribution in [0, 0.1) is 5.41 Å². The van der Waals surface area contributed by atoms with Gasteiger partial charge in [-0.25, -0.2) is 0 Å². The minimum absolute atomic E-state index is 0.0620. The summed E-state index contributed by atoms with van der Waals surface area (Å²) in [5.41, 5.74) is 4.27. The Morgan fingerprint density at radius 3 is 1.91 bits per heavy atom. The van der Waals surface area contributed by atoms with Gasteiger partial charge in [-0.15, -0.1) is 0 Å². The fraction of sp³-hybridized carbons (Fsp3) is 0.273. The molecule has 1 unspecified atom stereocenters. The molecule has 112 valence electrons. The molecule has 0 saturated heterocycles. The third-order valence-electron chi connectivity index (χ3n) is 4.93. The summed E-state index contributed by atoms with van der Waals surface area (Å²) in [6, 6.07) is 21.6. The van der Waals surface area contributed by atoms with Crippen LogP contribution in [0.25, 0.3) is 5.57 Å². The molecule has 0 nitrogen and oxygen atoms in total. The van der Waals surface area contributed by atoms with Gasteiger partial charge in [0, 0.05) is 5.41 Å². The molecule has 0 heteroatoms. The number of benzene rings is 2. The second-order valence-corrected chi connectivity index (χ2v) is 7.15. The topological polar surface area (TPSA) is 0 Å². The van der Waals surface area contributed by atoms with Crippen molar-refractivity contribution in [2.24, 2.45) is 5.41 Å². The first-order valence-corrected chi connectivity index (χ1v) is 8.03. The summed E-state index contributed by atoms with van der Waals surface area (Å²) in [7, 11) is 0. The number of rotatable bonds is 2. The molecule has 0 N–H and O–H groups in total. The fourth-order valence-corrected chi connectivity index (χ4v) is 3.42. The van der Waals surface area contributed by atoms with E-state index < -0.39 is 0 Å². The molecule has 0 bridgehead atoms. The molecule has 0 aliphatic heterocycles. The minimum Gasteiger partial charge on any atom is -0.0755 e. The zero-order chi connectivity index (χ0) is 15.6. The van der Waals surface area contributed by atoms with E-state index in [-0.39, 0.29) is 10.8 Å². The molecule has 0 spiro atoms. The maximum atomic E-state index is 2.42. The van der Waals surface area contributed by atoms with Gasteiger partial charge < -0.3 is 0 Å². The Balaban J connectivity index is 2.00. The Kier molecular flexibility index (Phi) is 3.78. The van der Waals surface area contributed by atoms with Crippen molar-refractivity contribution < 1.29 is 0 Å². The lowest BCUT2D eigenvalue weighted by molar-refractivity contribution is 0.237. The van der Waals surface area contributed by atoms with E-state index in [0.717, 1.165) is 6.42 Å². The van der Waals surface area contributed by atoms with Crippen LogP contribution < -0.4 is 0 Å². The van der Waals surface area contributed by atoms with Crippen molar-refractivity contribution in [1.29, 1.82) is 0 Å². The van der Waals surface area contributed by atoms with E-state index in [1.54, 1.807) is 0 Å². The normalized spacial score (nSPS) is 21.5. The van der Waals surface area contributed by atoms with Crippen LogP contribution in [0.15, 0.2) is 78.9 Å². The van der Waals surface area contributed by atoms with Crippen molar-refractivity contribution in [3.05, 3.63) is 90.0 Å². The van der Waals surface area contributed by atoms with Crippen LogP contribution >= 0.6 is 0 Å². The van der Waals surface area contributed by atoms with Crippen molar-refractivity contribution in [3.63, 3.8) is 0 Å². The van der Waals surface area contributed by atoms with Crippen LogP contribution in [-0.2, 0) is 5.41 Å². The second kappa shape index (κ2) is 5.61. The molecule has 3 rings (SSSR count). The molecular formula is C22H24.